The van der Waals surface area contributed by atoms with E-state index in [-0.39, 0.29) is 11.9 Å². The van der Waals surface area contributed by atoms with Crippen LogP contribution in [0.2, 0.25) is 0 Å². The average molecular weight is 260 g/mol. The first kappa shape index (κ1) is 12.4. The summed E-state index contributed by atoms with van der Waals surface area (Å²) < 4.78 is 0. The van der Waals surface area contributed by atoms with Gasteiger partial charge >= 0.3 is 0 Å². The third-order valence-corrected chi connectivity index (χ3v) is 3.92. The molecule has 2 fully saturated rings. The van der Waals surface area contributed by atoms with Crippen molar-refractivity contribution in [3.05, 3.63) is 24.4 Å². The molecular weight excluding hydrogens is 240 g/mol. The van der Waals surface area contributed by atoms with Crippen molar-refractivity contribution >= 4 is 11.7 Å². The van der Waals surface area contributed by atoms with E-state index in [1.54, 1.807) is 0 Å². The molecule has 2 saturated heterocycles. The number of hydrogen-bond acceptors (Lipinski definition) is 4. The average Bonchev–Trinajstić information content (AvgIpc) is 3.02. The predicted octanol–water partition coefficient (Wildman–Crippen LogP) is 0.482. The summed E-state index contributed by atoms with van der Waals surface area (Å²) in [4.78, 5) is 20.9. The van der Waals surface area contributed by atoms with E-state index in [9.17, 15) is 4.79 Å². The minimum atomic E-state index is 0.0569. The van der Waals surface area contributed by atoms with Crippen molar-refractivity contribution in [1.82, 2.24) is 15.2 Å². The third kappa shape index (κ3) is 2.71. The number of rotatable bonds is 2. The van der Waals surface area contributed by atoms with Gasteiger partial charge in [-0.2, -0.15) is 0 Å². The Morgan fingerprint density at radius 1 is 1.26 bits per heavy atom. The highest BCUT2D eigenvalue weighted by atomic mass is 16.2. The second-order valence-corrected chi connectivity index (χ2v) is 5.15. The summed E-state index contributed by atoms with van der Waals surface area (Å²) in [5, 5.41) is 3.28. The molecule has 3 rings (SSSR count). The third-order valence-electron chi connectivity index (χ3n) is 3.92. The lowest BCUT2D eigenvalue weighted by atomic mass is 10.2. The number of amides is 1. The van der Waals surface area contributed by atoms with Gasteiger partial charge in [0.15, 0.2) is 0 Å². The maximum atomic E-state index is 12.3. The topological polar surface area (TPSA) is 48.5 Å². The molecule has 1 aromatic heterocycles. The van der Waals surface area contributed by atoms with Crippen molar-refractivity contribution in [3.8, 4) is 0 Å². The standard InChI is InChI=1S/C14H20N4O/c19-14(12-4-3-7-15-12)18-10-8-17(9-11-18)13-5-1-2-6-16-13/h1-2,5-6,12,15H,3-4,7-11H2/t12-/m0/s1. The molecule has 1 atom stereocenters. The fourth-order valence-electron chi connectivity index (χ4n) is 2.81. The number of carbonyl (C=O) groups is 1. The zero-order valence-corrected chi connectivity index (χ0v) is 11.1. The first-order chi connectivity index (χ1) is 9.34. The van der Waals surface area contributed by atoms with Crippen molar-refractivity contribution in [1.29, 1.82) is 0 Å². The molecule has 3 heterocycles. The van der Waals surface area contributed by atoms with E-state index in [0.717, 1.165) is 51.4 Å². The largest absolute Gasteiger partial charge is 0.353 e. The minimum Gasteiger partial charge on any atom is -0.353 e. The molecule has 0 spiro atoms. The van der Waals surface area contributed by atoms with Gasteiger partial charge in [0.2, 0.25) is 5.91 Å². The number of aromatic nitrogens is 1. The number of piperazine rings is 1. The smallest absolute Gasteiger partial charge is 0.239 e. The molecule has 1 aromatic rings. The van der Waals surface area contributed by atoms with Crippen LogP contribution in [0.5, 0.6) is 0 Å². The van der Waals surface area contributed by atoms with Crippen LogP contribution in [0.4, 0.5) is 5.82 Å². The molecule has 0 aromatic carbocycles. The Morgan fingerprint density at radius 2 is 2.11 bits per heavy atom. The number of anilines is 1. The van der Waals surface area contributed by atoms with Gasteiger partial charge in [-0.15, -0.1) is 0 Å². The molecule has 1 N–H and O–H groups in total. The van der Waals surface area contributed by atoms with Crippen molar-refractivity contribution < 1.29 is 4.79 Å². The molecule has 0 radical (unpaired) electrons. The minimum absolute atomic E-state index is 0.0569. The van der Waals surface area contributed by atoms with Crippen LogP contribution in [0.1, 0.15) is 12.8 Å². The second kappa shape index (κ2) is 5.57. The van der Waals surface area contributed by atoms with E-state index in [1.807, 2.05) is 29.3 Å². The van der Waals surface area contributed by atoms with E-state index >= 15 is 0 Å². The summed E-state index contributed by atoms with van der Waals surface area (Å²) in [6.45, 7) is 4.32. The fourth-order valence-corrected chi connectivity index (χ4v) is 2.81. The molecule has 19 heavy (non-hydrogen) atoms. The summed E-state index contributed by atoms with van der Waals surface area (Å²) in [5.74, 6) is 1.28. The monoisotopic (exact) mass is 260 g/mol. The SMILES string of the molecule is O=C([C@@H]1CCCN1)N1CCN(c2ccccn2)CC1. The van der Waals surface area contributed by atoms with Gasteiger partial charge in [-0.05, 0) is 31.5 Å². The highest BCUT2D eigenvalue weighted by molar-refractivity contribution is 5.82. The first-order valence-electron chi connectivity index (χ1n) is 7.03. The summed E-state index contributed by atoms with van der Waals surface area (Å²) >= 11 is 0. The van der Waals surface area contributed by atoms with Crippen molar-refractivity contribution in [2.75, 3.05) is 37.6 Å². The van der Waals surface area contributed by atoms with Crippen LogP contribution >= 0.6 is 0 Å². The van der Waals surface area contributed by atoms with Crippen LogP contribution in [-0.4, -0.2) is 54.6 Å². The maximum Gasteiger partial charge on any atom is 0.239 e. The van der Waals surface area contributed by atoms with Gasteiger partial charge in [-0.3, -0.25) is 4.79 Å². The van der Waals surface area contributed by atoms with Gasteiger partial charge < -0.3 is 15.1 Å². The van der Waals surface area contributed by atoms with E-state index in [1.165, 1.54) is 0 Å². The predicted molar refractivity (Wildman–Crippen MR) is 74.1 cm³/mol. The number of pyridine rings is 1. The first-order valence-corrected chi connectivity index (χ1v) is 7.03. The Bertz CT molecular complexity index is 422. The fraction of sp³-hybridized carbons (Fsp3) is 0.571. The Balaban J connectivity index is 1.56. The quantitative estimate of drug-likeness (QED) is 0.840. The zero-order valence-electron chi connectivity index (χ0n) is 11.1. The molecule has 102 valence electrons. The summed E-state index contributed by atoms with van der Waals surface area (Å²) in [5.41, 5.74) is 0. The van der Waals surface area contributed by atoms with Gasteiger partial charge in [0, 0.05) is 32.4 Å². The van der Waals surface area contributed by atoms with E-state index in [0.29, 0.717) is 0 Å². The highest BCUT2D eigenvalue weighted by Gasteiger charge is 2.29. The summed E-state index contributed by atoms with van der Waals surface area (Å²) in [7, 11) is 0. The number of carbonyl (C=O) groups excluding carboxylic acids is 1. The van der Waals surface area contributed by atoms with Crippen molar-refractivity contribution in [2.45, 2.75) is 18.9 Å². The summed E-state index contributed by atoms with van der Waals surface area (Å²) in [6, 6.07) is 6.01. The Hall–Kier alpha value is -1.62. The van der Waals surface area contributed by atoms with Crippen LogP contribution in [0, 0.1) is 0 Å². The second-order valence-electron chi connectivity index (χ2n) is 5.15. The molecule has 2 aliphatic rings. The molecule has 0 aliphatic carbocycles. The van der Waals surface area contributed by atoms with Crippen LogP contribution in [0.15, 0.2) is 24.4 Å². The van der Waals surface area contributed by atoms with Crippen LogP contribution in [0.25, 0.3) is 0 Å². The van der Waals surface area contributed by atoms with Gasteiger partial charge in [0.05, 0.1) is 6.04 Å². The van der Waals surface area contributed by atoms with Crippen LogP contribution < -0.4 is 10.2 Å². The lowest BCUT2D eigenvalue weighted by molar-refractivity contribution is -0.133. The zero-order chi connectivity index (χ0) is 13.1. The van der Waals surface area contributed by atoms with E-state index in [4.69, 9.17) is 0 Å². The molecule has 1 amide bonds. The van der Waals surface area contributed by atoms with Gasteiger partial charge in [0.1, 0.15) is 5.82 Å². The molecule has 0 bridgehead atoms. The number of hydrogen-bond donors (Lipinski definition) is 1. The number of nitrogens with zero attached hydrogens (tertiary/aromatic N) is 3. The molecule has 0 unspecified atom stereocenters. The molecule has 2 aliphatic heterocycles. The lowest BCUT2D eigenvalue weighted by Crippen LogP contribution is -2.53. The molecule has 5 nitrogen and oxygen atoms in total. The summed E-state index contributed by atoms with van der Waals surface area (Å²) in [6.07, 6.45) is 3.92. The van der Waals surface area contributed by atoms with Crippen molar-refractivity contribution in [2.24, 2.45) is 0 Å². The van der Waals surface area contributed by atoms with E-state index < -0.39 is 0 Å². The Morgan fingerprint density at radius 3 is 2.74 bits per heavy atom. The molecule has 0 saturated carbocycles. The van der Waals surface area contributed by atoms with Crippen molar-refractivity contribution in [3.63, 3.8) is 0 Å². The van der Waals surface area contributed by atoms with Gasteiger partial charge in [0.25, 0.3) is 0 Å². The maximum absolute atomic E-state index is 12.3. The Kier molecular flexibility index (Phi) is 3.64. The number of nitrogens with one attached hydrogen (secondary N) is 1. The lowest BCUT2D eigenvalue weighted by Gasteiger charge is -2.36. The van der Waals surface area contributed by atoms with Gasteiger partial charge in [-0.1, -0.05) is 6.07 Å². The van der Waals surface area contributed by atoms with E-state index in [2.05, 4.69) is 15.2 Å². The van der Waals surface area contributed by atoms with Crippen LogP contribution in [0.3, 0.4) is 0 Å². The highest BCUT2D eigenvalue weighted by Crippen LogP contribution is 2.15. The van der Waals surface area contributed by atoms with Crippen LogP contribution in [-0.2, 0) is 4.79 Å². The Labute approximate surface area is 113 Å². The van der Waals surface area contributed by atoms with Gasteiger partial charge in [-0.25, -0.2) is 4.98 Å². The molecular formula is C14H20N4O. The molecule has 5 heteroatoms. The normalized spacial score (nSPS) is 23.7.